The first-order chi connectivity index (χ1) is 6.72. The van der Waals surface area contributed by atoms with Crippen LogP contribution < -0.4 is 4.74 Å². The van der Waals surface area contributed by atoms with E-state index < -0.39 is 0 Å². The van der Waals surface area contributed by atoms with Crippen LogP contribution in [0.5, 0.6) is 16.6 Å². The van der Waals surface area contributed by atoms with E-state index in [0.29, 0.717) is 17.7 Å². The zero-order valence-electron chi connectivity index (χ0n) is 7.65. The third-order valence-corrected chi connectivity index (χ3v) is 2.89. The zero-order valence-corrected chi connectivity index (χ0v) is 8.47. The summed E-state index contributed by atoms with van der Waals surface area (Å²) in [7, 11) is 0. The zero-order chi connectivity index (χ0) is 10.1. The van der Waals surface area contributed by atoms with Crippen LogP contribution in [0.25, 0.3) is 10.1 Å². The first-order valence-electron chi connectivity index (χ1n) is 4.29. The van der Waals surface area contributed by atoms with Gasteiger partial charge in [0.25, 0.3) is 0 Å². The normalized spacial score (nSPS) is 10.6. The number of hydrogen-bond acceptors (Lipinski definition) is 4. The Balaban J connectivity index is 2.58. The van der Waals surface area contributed by atoms with Gasteiger partial charge >= 0.3 is 0 Å². The summed E-state index contributed by atoms with van der Waals surface area (Å²) in [5.74, 6) is 0.639. The number of rotatable bonds is 2. The molecule has 0 amide bonds. The molecular weight excluding hydrogens is 200 g/mol. The quantitative estimate of drug-likeness (QED) is 0.801. The summed E-state index contributed by atoms with van der Waals surface area (Å²) >= 11 is 1.16. The predicted molar refractivity (Wildman–Crippen MR) is 56.3 cm³/mol. The molecule has 0 fully saturated rings. The Bertz CT molecular complexity index is 462. The van der Waals surface area contributed by atoms with Gasteiger partial charge < -0.3 is 14.9 Å². The smallest absolute Gasteiger partial charge is 0.215 e. The molecule has 2 N–H and O–H groups in total. The van der Waals surface area contributed by atoms with E-state index in [2.05, 4.69) is 0 Å². The van der Waals surface area contributed by atoms with Crippen LogP contribution in [-0.2, 0) is 0 Å². The molecule has 1 aromatic carbocycles. The SMILES string of the molecule is CCOc1ccc2sc(O)c(O)c2c1. The molecule has 1 aromatic heterocycles. The molecule has 2 aromatic rings. The van der Waals surface area contributed by atoms with Gasteiger partial charge in [0.05, 0.1) is 6.61 Å². The Morgan fingerprint density at radius 1 is 1.36 bits per heavy atom. The van der Waals surface area contributed by atoms with Gasteiger partial charge in [-0.1, -0.05) is 11.3 Å². The second kappa shape index (κ2) is 3.38. The first-order valence-corrected chi connectivity index (χ1v) is 5.11. The third-order valence-electron chi connectivity index (χ3n) is 1.93. The van der Waals surface area contributed by atoms with E-state index in [1.807, 2.05) is 19.1 Å². The summed E-state index contributed by atoms with van der Waals surface area (Å²) in [6.45, 7) is 2.48. The number of aromatic hydroxyl groups is 2. The molecule has 3 nitrogen and oxygen atoms in total. The lowest BCUT2D eigenvalue weighted by Gasteiger charge is -2.01. The van der Waals surface area contributed by atoms with Gasteiger partial charge in [-0.3, -0.25) is 0 Å². The van der Waals surface area contributed by atoms with Crippen LogP contribution in [0.4, 0.5) is 0 Å². The molecule has 0 bridgehead atoms. The van der Waals surface area contributed by atoms with E-state index in [-0.39, 0.29) is 10.8 Å². The fourth-order valence-electron chi connectivity index (χ4n) is 1.31. The number of ether oxygens (including phenoxy) is 1. The molecular formula is C10H10O3S. The monoisotopic (exact) mass is 210 g/mol. The molecule has 0 spiro atoms. The van der Waals surface area contributed by atoms with Crippen molar-refractivity contribution in [1.29, 1.82) is 0 Å². The second-order valence-electron chi connectivity index (χ2n) is 2.85. The molecule has 2 rings (SSSR count). The van der Waals surface area contributed by atoms with E-state index in [1.54, 1.807) is 6.07 Å². The molecule has 0 radical (unpaired) electrons. The van der Waals surface area contributed by atoms with Crippen molar-refractivity contribution < 1.29 is 14.9 Å². The molecule has 0 aliphatic carbocycles. The largest absolute Gasteiger partial charge is 0.503 e. The minimum absolute atomic E-state index is 0.0475. The Morgan fingerprint density at radius 3 is 2.86 bits per heavy atom. The molecule has 0 saturated heterocycles. The van der Waals surface area contributed by atoms with Crippen LogP contribution in [0.15, 0.2) is 18.2 Å². The van der Waals surface area contributed by atoms with E-state index >= 15 is 0 Å². The highest BCUT2D eigenvalue weighted by molar-refractivity contribution is 7.21. The van der Waals surface area contributed by atoms with Crippen LogP contribution in [-0.4, -0.2) is 16.8 Å². The Morgan fingerprint density at radius 2 is 2.14 bits per heavy atom. The molecule has 0 unspecified atom stereocenters. The fraction of sp³-hybridized carbons (Fsp3) is 0.200. The lowest BCUT2D eigenvalue weighted by Crippen LogP contribution is -1.89. The van der Waals surface area contributed by atoms with Crippen LogP contribution in [0.1, 0.15) is 6.92 Å². The molecule has 0 atom stereocenters. The third kappa shape index (κ3) is 1.37. The predicted octanol–water partition coefficient (Wildman–Crippen LogP) is 2.71. The van der Waals surface area contributed by atoms with Crippen LogP contribution >= 0.6 is 11.3 Å². The van der Waals surface area contributed by atoms with Crippen LogP contribution in [0, 0.1) is 0 Å². The standard InChI is InChI=1S/C10H10O3S/c1-2-13-6-3-4-8-7(5-6)9(11)10(12)14-8/h3-5,11-12H,2H2,1H3. The van der Waals surface area contributed by atoms with Crippen molar-refractivity contribution in [2.75, 3.05) is 6.61 Å². The highest BCUT2D eigenvalue weighted by Gasteiger charge is 2.10. The van der Waals surface area contributed by atoms with Gasteiger partial charge in [0, 0.05) is 10.1 Å². The molecule has 4 heteroatoms. The van der Waals surface area contributed by atoms with Gasteiger partial charge in [-0.25, -0.2) is 0 Å². The molecule has 0 aliphatic rings. The van der Waals surface area contributed by atoms with Gasteiger partial charge in [0.1, 0.15) is 5.75 Å². The summed E-state index contributed by atoms with van der Waals surface area (Å²) in [6, 6.07) is 5.37. The van der Waals surface area contributed by atoms with Gasteiger partial charge in [-0.2, -0.15) is 0 Å². The molecule has 14 heavy (non-hydrogen) atoms. The van der Waals surface area contributed by atoms with Gasteiger partial charge in [0.2, 0.25) is 5.06 Å². The van der Waals surface area contributed by atoms with Crippen molar-refractivity contribution in [2.45, 2.75) is 6.92 Å². The summed E-state index contributed by atoms with van der Waals surface area (Å²) in [6.07, 6.45) is 0. The minimum Gasteiger partial charge on any atom is -0.503 e. The lowest BCUT2D eigenvalue weighted by molar-refractivity contribution is 0.340. The van der Waals surface area contributed by atoms with Crippen LogP contribution in [0.2, 0.25) is 0 Å². The van der Waals surface area contributed by atoms with E-state index in [0.717, 1.165) is 16.0 Å². The van der Waals surface area contributed by atoms with Gasteiger partial charge in [-0.15, -0.1) is 0 Å². The number of fused-ring (bicyclic) bond motifs is 1. The van der Waals surface area contributed by atoms with Crippen molar-refractivity contribution in [3.63, 3.8) is 0 Å². The maximum absolute atomic E-state index is 9.50. The highest BCUT2D eigenvalue weighted by Crippen LogP contribution is 2.43. The van der Waals surface area contributed by atoms with Crippen molar-refractivity contribution in [3.8, 4) is 16.6 Å². The Kier molecular flexibility index (Phi) is 2.21. The Labute approximate surface area is 85.2 Å². The molecule has 1 heterocycles. The molecule has 0 saturated carbocycles. The Hall–Kier alpha value is -1.42. The van der Waals surface area contributed by atoms with Crippen LogP contribution in [0.3, 0.4) is 0 Å². The maximum Gasteiger partial charge on any atom is 0.215 e. The average molecular weight is 210 g/mol. The number of hydrogen-bond donors (Lipinski definition) is 2. The fourth-order valence-corrected chi connectivity index (χ4v) is 2.12. The molecule has 0 aliphatic heterocycles. The summed E-state index contributed by atoms with van der Waals surface area (Å²) in [4.78, 5) is 0. The summed E-state index contributed by atoms with van der Waals surface area (Å²) in [5, 5.41) is 19.4. The van der Waals surface area contributed by atoms with Crippen molar-refractivity contribution in [2.24, 2.45) is 0 Å². The van der Waals surface area contributed by atoms with E-state index in [1.165, 1.54) is 0 Å². The van der Waals surface area contributed by atoms with E-state index in [9.17, 15) is 10.2 Å². The topological polar surface area (TPSA) is 49.7 Å². The summed E-state index contributed by atoms with van der Waals surface area (Å²) < 4.78 is 6.14. The average Bonchev–Trinajstić information content (AvgIpc) is 2.45. The first kappa shape index (κ1) is 9.15. The van der Waals surface area contributed by atoms with Crippen molar-refractivity contribution in [3.05, 3.63) is 18.2 Å². The maximum atomic E-state index is 9.50. The van der Waals surface area contributed by atoms with Crippen molar-refractivity contribution in [1.82, 2.24) is 0 Å². The molecule has 74 valence electrons. The summed E-state index contributed by atoms with van der Waals surface area (Å²) in [5.41, 5.74) is 0. The lowest BCUT2D eigenvalue weighted by atomic mass is 10.2. The van der Waals surface area contributed by atoms with Gasteiger partial charge in [0.15, 0.2) is 5.75 Å². The highest BCUT2D eigenvalue weighted by atomic mass is 32.1. The van der Waals surface area contributed by atoms with Gasteiger partial charge in [-0.05, 0) is 25.1 Å². The minimum atomic E-state index is -0.0634. The number of thiophene rings is 1. The van der Waals surface area contributed by atoms with Crippen molar-refractivity contribution >= 4 is 21.4 Å². The van der Waals surface area contributed by atoms with E-state index in [4.69, 9.17) is 4.74 Å². The second-order valence-corrected chi connectivity index (χ2v) is 3.88. The number of benzene rings is 1.